The number of esters is 3. The number of unbranched alkanes of at least 4 members (excludes halogenated alkanes) is 18. The second kappa shape index (κ2) is 44.5. The van der Waals surface area contributed by atoms with Gasteiger partial charge in [-0.15, -0.1) is 0 Å². The Labute approximate surface area is 390 Å². The zero-order chi connectivity index (χ0) is 46.5. The summed E-state index contributed by atoms with van der Waals surface area (Å²) in [5, 5.41) is 0. The molecule has 0 fully saturated rings. The van der Waals surface area contributed by atoms with Crippen molar-refractivity contribution >= 4 is 17.9 Å². The van der Waals surface area contributed by atoms with E-state index >= 15 is 0 Å². The van der Waals surface area contributed by atoms with Crippen molar-refractivity contribution in [2.24, 2.45) is 11.3 Å². The summed E-state index contributed by atoms with van der Waals surface area (Å²) in [7, 11) is 4.24. The van der Waals surface area contributed by atoms with Gasteiger partial charge < -0.3 is 19.1 Å². The number of hydrogen-bond acceptors (Lipinski definition) is 7. The molecule has 0 rings (SSSR count). The van der Waals surface area contributed by atoms with Gasteiger partial charge in [0.05, 0.1) is 19.6 Å². The van der Waals surface area contributed by atoms with Crippen molar-refractivity contribution in [3.8, 4) is 0 Å². The molecular weight excluding hydrogens is 783 g/mol. The van der Waals surface area contributed by atoms with Gasteiger partial charge in [0.1, 0.15) is 6.10 Å². The Balaban J connectivity index is 4.32. The molecule has 0 aromatic heterocycles. The number of rotatable bonds is 45. The van der Waals surface area contributed by atoms with Gasteiger partial charge in [-0.3, -0.25) is 14.4 Å². The molecule has 0 radical (unpaired) electrons. The van der Waals surface area contributed by atoms with E-state index in [4.69, 9.17) is 14.2 Å². The molecule has 0 heterocycles. The fourth-order valence-corrected chi connectivity index (χ4v) is 8.15. The van der Waals surface area contributed by atoms with Crippen LogP contribution in [0.25, 0.3) is 0 Å². The lowest BCUT2D eigenvalue weighted by molar-refractivity contribution is -0.152. The maximum Gasteiger partial charge on any atom is 0.306 e. The molecule has 0 aliphatic carbocycles. The van der Waals surface area contributed by atoms with Crippen molar-refractivity contribution in [3.05, 3.63) is 48.6 Å². The van der Waals surface area contributed by atoms with Gasteiger partial charge >= 0.3 is 17.9 Å². The third kappa shape index (κ3) is 45.7. The van der Waals surface area contributed by atoms with Crippen LogP contribution >= 0.6 is 0 Å². The number of allylic oxidation sites excluding steroid dienone is 8. The SMILES string of the molecule is CCCCOC(=O)CCCC/C=C\C/C=C\CCCCCCCCC(CCCCCCCC/C=C\C/C=C\CCCCC(=O)OCCCC)OC(=O)CC(C)(C)CC(C)CN(C)C. The highest BCUT2D eigenvalue weighted by Crippen LogP contribution is 2.31. The van der Waals surface area contributed by atoms with E-state index in [0.29, 0.717) is 38.4 Å². The quantitative estimate of drug-likeness (QED) is 0.0261. The van der Waals surface area contributed by atoms with Gasteiger partial charge in [-0.25, -0.2) is 0 Å². The third-order valence-electron chi connectivity index (χ3n) is 11.5. The van der Waals surface area contributed by atoms with E-state index < -0.39 is 0 Å². The molecule has 0 aliphatic heterocycles. The summed E-state index contributed by atoms with van der Waals surface area (Å²) in [5.41, 5.74) is -0.0611. The monoisotopic (exact) mass is 884 g/mol. The van der Waals surface area contributed by atoms with E-state index in [2.05, 4.69) is 102 Å². The molecule has 63 heavy (non-hydrogen) atoms. The van der Waals surface area contributed by atoms with E-state index in [0.717, 1.165) is 129 Å². The third-order valence-corrected chi connectivity index (χ3v) is 11.5. The van der Waals surface area contributed by atoms with Crippen molar-refractivity contribution in [2.75, 3.05) is 33.9 Å². The first-order valence-electron chi connectivity index (χ1n) is 26.2. The molecule has 0 aliphatic rings. The Hall–Kier alpha value is -2.67. The highest BCUT2D eigenvalue weighted by atomic mass is 16.5. The molecule has 1 atom stereocenters. The predicted molar refractivity (Wildman–Crippen MR) is 269 cm³/mol. The Bertz CT molecular complexity index is 1120. The first-order chi connectivity index (χ1) is 30.5. The summed E-state index contributed by atoms with van der Waals surface area (Å²) in [6, 6.07) is 0. The van der Waals surface area contributed by atoms with Crippen molar-refractivity contribution in [1.82, 2.24) is 4.90 Å². The number of carbonyl (C=O) groups excluding carboxylic acids is 3. The summed E-state index contributed by atoms with van der Waals surface area (Å²) >= 11 is 0. The second-order valence-electron chi connectivity index (χ2n) is 19.4. The van der Waals surface area contributed by atoms with Crippen LogP contribution in [0.3, 0.4) is 0 Å². The standard InChI is InChI=1S/C56H101NO6/c1-8-10-46-61-53(58)44-40-36-32-28-24-20-16-12-14-18-22-26-30-34-38-42-52(63-55(60)49-56(4,5)48-51(3)50-57(6)7)43-39-35-31-27-23-19-15-13-17-21-25-29-33-37-41-45-54(59)62-47-11-9-2/h12-13,16-17,24-25,28-29,51-52H,8-11,14-15,18-23,26-27,30-50H2,1-7H3/b16-12-,17-13-,28-24-,29-25-. The molecule has 0 bridgehead atoms. The van der Waals surface area contributed by atoms with E-state index in [1.807, 2.05) is 0 Å². The molecule has 7 heteroatoms. The molecule has 7 nitrogen and oxygen atoms in total. The summed E-state index contributed by atoms with van der Waals surface area (Å²) < 4.78 is 16.7. The van der Waals surface area contributed by atoms with Crippen LogP contribution < -0.4 is 0 Å². The molecule has 0 N–H and O–H groups in total. The molecule has 1 unspecified atom stereocenters. The van der Waals surface area contributed by atoms with E-state index in [1.165, 1.54) is 64.2 Å². The van der Waals surface area contributed by atoms with Crippen LogP contribution in [0.4, 0.5) is 0 Å². The maximum absolute atomic E-state index is 13.2. The Kier molecular flexibility index (Phi) is 42.6. The minimum atomic E-state index is -0.0611. The highest BCUT2D eigenvalue weighted by molar-refractivity contribution is 5.70. The van der Waals surface area contributed by atoms with Crippen molar-refractivity contribution in [1.29, 1.82) is 0 Å². The molecule has 0 aromatic rings. The Morgan fingerprint density at radius 2 is 0.889 bits per heavy atom. The van der Waals surface area contributed by atoms with Gasteiger partial charge in [-0.05, 0) is 147 Å². The molecule has 0 spiro atoms. The highest BCUT2D eigenvalue weighted by Gasteiger charge is 2.27. The molecular formula is C56H101NO6. The van der Waals surface area contributed by atoms with E-state index in [9.17, 15) is 14.4 Å². The number of nitrogens with zero attached hydrogens (tertiary/aromatic N) is 1. The number of hydrogen-bond donors (Lipinski definition) is 0. The second-order valence-corrected chi connectivity index (χ2v) is 19.4. The van der Waals surface area contributed by atoms with Crippen LogP contribution in [0.5, 0.6) is 0 Å². The van der Waals surface area contributed by atoms with Gasteiger partial charge in [-0.2, -0.15) is 0 Å². The van der Waals surface area contributed by atoms with Crippen LogP contribution in [-0.4, -0.2) is 62.8 Å². The smallest absolute Gasteiger partial charge is 0.306 e. The lowest BCUT2D eigenvalue weighted by Crippen LogP contribution is -2.28. The van der Waals surface area contributed by atoms with Crippen LogP contribution in [-0.2, 0) is 28.6 Å². The van der Waals surface area contributed by atoms with Crippen LogP contribution in [0.15, 0.2) is 48.6 Å². The molecule has 0 amide bonds. The molecule has 0 aromatic carbocycles. The fraction of sp³-hybridized carbons (Fsp3) is 0.804. The average Bonchev–Trinajstić information content (AvgIpc) is 3.22. The van der Waals surface area contributed by atoms with Crippen LogP contribution in [0.2, 0.25) is 0 Å². The average molecular weight is 884 g/mol. The summed E-state index contributed by atoms with van der Waals surface area (Å²) in [6.45, 7) is 13.1. The minimum absolute atomic E-state index is 0.0115. The van der Waals surface area contributed by atoms with Crippen LogP contribution in [0, 0.1) is 11.3 Å². The number of carbonyl (C=O) groups is 3. The summed E-state index contributed by atoms with van der Waals surface area (Å²) in [4.78, 5) is 38.8. The minimum Gasteiger partial charge on any atom is -0.466 e. The van der Waals surface area contributed by atoms with Crippen molar-refractivity contribution in [3.63, 3.8) is 0 Å². The van der Waals surface area contributed by atoms with Crippen LogP contribution in [0.1, 0.15) is 240 Å². The first kappa shape index (κ1) is 60.3. The Morgan fingerprint density at radius 3 is 1.29 bits per heavy atom. The molecule has 0 saturated heterocycles. The Morgan fingerprint density at radius 1 is 0.508 bits per heavy atom. The zero-order valence-corrected chi connectivity index (χ0v) is 42.4. The maximum atomic E-state index is 13.2. The van der Waals surface area contributed by atoms with Gasteiger partial charge in [0, 0.05) is 19.4 Å². The topological polar surface area (TPSA) is 82.1 Å². The summed E-state index contributed by atoms with van der Waals surface area (Å²) in [5.74, 6) is 0.421. The zero-order valence-electron chi connectivity index (χ0n) is 42.4. The van der Waals surface area contributed by atoms with E-state index in [1.54, 1.807) is 0 Å². The number of ether oxygens (including phenoxy) is 3. The largest absolute Gasteiger partial charge is 0.466 e. The van der Waals surface area contributed by atoms with Gasteiger partial charge in [0.15, 0.2) is 0 Å². The molecule has 366 valence electrons. The van der Waals surface area contributed by atoms with Gasteiger partial charge in [-0.1, -0.05) is 147 Å². The predicted octanol–water partition coefficient (Wildman–Crippen LogP) is 16.0. The normalized spacial score (nSPS) is 12.8. The fourth-order valence-electron chi connectivity index (χ4n) is 8.15. The lowest BCUT2D eigenvalue weighted by atomic mass is 9.80. The van der Waals surface area contributed by atoms with Crippen molar-refractivity contribution in [2.45, 2.75) is 246 Å². The summed E-state index contributed by atoms with van der Waals surface area (Å²) in [6.07, 6.45) is 51.8. The van der Waals surface area contributed by atoms with Gasteiger partial charge in [0.2, 0.25) is 0 Å². The lowest BCUT2D eigenvalue weighted by Gasteiger charge is -2.29. The van der Waals surface area contributed by atoms with E-state index in [-0.39, 0.29) is 29.4 Å². The first-order valence-corrected chi connectivity index (χ1v) is 26.2. The molecule has 0 saturated carbocycles. The van der Waals surface area contributed by atoms with Gasteiger partial charge in [0.25, 0.3) is 0 Å². The van der Waals surface area contributed by atoms with Crippen molar-refractivity contribution < 1.29 is 28.6 Å².